The summed E-state index contributed by atoms with van der Waals surface area (Å²) in [5, 5.41) is 3.34. The van der Waals surface area contributed by atoms with Crippen LogP contribution in [0.5, 0.6) is 0 Å². The quantitative estimate of drug-likeness (QED) is 0.657. The molecule has 1 aromatic carbocycles. The maximum atomic E-state index is 14.0. The average Bonchev–Trinajstić information content (AvgIpc) is 2.46. The molecule has 0 saturated heterocycles. The molecular weight excluding hydrogens is 283 g/mol. The molecular formula is C17H29FN2S. The highest BCUT2D eigenvalue weighted by Crippen LogP contribution is 2.25. The van der Waals surface area contributed by atoms with Crippen molar-refractivity contribution in [2.75, 3.05) is 31.9 Å². The van der Waals surface area contributed by atoms with Crippen molar-refractivity contribution in [2.45, 2.75) is 39.1 Å². The number of nitrogens with one attached hydrogen (secondary N) is 1. The molecule has 0 aliphatic heterocycles. The standard InChI is InChI=1S/C17H29FN2S/c1-5-20(6-2)10-11-21-17-9-7-8-16(18)15(17)13-19-12-14(3)4/h7-9,14,19H,5-6,10-13H2,1-4H3. The molecule has 21 heavy (non-hydrogen) atoms. The number of halogens is 1. The Morgan fingerprint density at radius 1 is 1.24 bits per heavy atom. The van der Waals surface area contributed by atoms with E-state index in [1.165, 1.54) is 0 Å². The van der Waals surface area contributed by atoms with Crippen molar-refractivity contribution in [2.24, 2.45) is 5.92 Å². The van der Waals surface area contributed by atoms with E-state index in [0.717, 1.165) is 42.4 Å². The van der Waals surface area contributed by atoms with Crippen molar-refractivity contribution < 1.29 is 4.39 Å². The van der Waals surface area contributed by atoms with Crippen LogP contribution in [0.25, 0.3) is 0 Å². The van der Waals surface area contributed by atoms with E-state index < -0.39 is 0 Å². The van der Waals surface area contributed by atoms with E-state index in [1.54, 1.807) is 23.9 Å². The highest BCUT2D eigenvalue weighted by atomic mass is 32.2. The van der Waals surface area contributed by atoms with E-state index in [-0.39, 0.29) is 5.82 Å². The maximum Gasteiger partial charge on any atom is 0.128 e. The minimum atomic E-state index is -0.0981. The fourth-order valence-electron chi connectivity index (χ4n) is 2.16. The summed E-state index contributed by atoms with van der Waals surface area (Å²) in [6.45, 7) is 13.4. The molecule has 0 aliphatic rings. The maximum absolute atomic E-state index is 14.0. The molecule has 4 heteroatoms. The van der Waals surface area contributed by atoms with Crippen LogP contribution in [0.4, 0.5) is 4.39 Å². The predicted molar refractivity (Wildman–Crippen MR) is 91.5 cm³/mol. The lowest BCUT2D eigenvalue weighted by atomic mass is 10.2. The van der Waals surface area contributed by atoms with Gasteiger partial charge in [0.15, 0.2) is 0 Å². The Morgan fingerprint density at radius 2 is 1.95 bits per heavy atom. The predicted octanol–water partition coefficient (Wildman–Crippen LogP) is 4.01. The number of hydrogen-bond acceptors (Lipinski definition) is 3. The first-order valence-electron chi connectivity index (χ1n) is 7.91. The second-order valence-corrected chi connectivity index (χ2v) is 6.75. The van der Waals surface area contributed by atoms with Crippen LogP contribution in [0, 0.1) is 11.7 Å². The average molecular weight is 312 g/mol. The molecule has 2 nitrogen and oxygen atoms in total. The minimum absolute atomic E-state index is 0.0981. The van der Waals surface area contributed by atoms with Crippen LogP contribution in [-0.2, 0) is 6.54 Å². The zero-order chi connectivity index (χ0) is 15.7. The zero-order valence-corrected chi connectivity index (χ0v) is 14.6. The molecule has 0 aromatic heterocycles. The molecule has 0 aliphatic carbocycles. The molecule has 0 spiro atoms. The summed E-state index contributed by atoms with van der Waals surface area (Å²) in [7, 11) is 0. The molecule has 0 fully saturated rings. The smallest absolute Gasteiger partial charge is 0.128 e. The topological polar surface area (TPSA) is 15.3 Å². The van der Waals surface area contributed by atoms with E-state index >= 15 is 0 Å². The third kappa shape index (κ3) is 6.81. The SMILES string of the molecule is CCN(CC)CCSc1cccc(F)c1CNCC(C)C. The Balaban J connectivity index is 2.58. The van der Waals surface area contributed by atoms with E-state index in [9.17, 15) is 4.39 Å². The Hall–Kier alpha value is -0.580. The lowest BCUT2D eigenvalue weighted by molar-refractivity contribution is 0.324. The van der Waals surface area contributed by atoms with Crippen LogP contribution < -0.4 is 5.32 Å². The van der Waals surface area contributed by atoms with Crippen LogP contribution >= 0.6 is 11.8 Å². The molecule has 0 radical (unpaired) electrons. The number of nitrogens with zero attached hydrogens (tertiary/aromatic N) is 1. The Kier molecular flexibility index (Phi) is 8.97. The van der Waals surface area contributed by atoms with Crippen LogP contribution in [0.3, 0.4) is 0 Å². The van der Waals surface area contributed by atoms with E-state index in [1.807, 2.05) is 6.07 Å². The third-order valence-corrected chi connectivity index (χ3v) is 4.57. The fourth-order valence-corrected chi connectivity index (χ4v) is 3.24. The van der Waals surface area contributed by atoms with Crippen molar-refractivity contribution in [1.82, 2.24) is 10.2 Å². The van der Waals surface area contributed by atoms with Gasteiger partial charge in [-0.1, -0.05) is 33.8 Å². The van der Waals surface area contributed by atoms with E-state index in [0.29, 0.717) is 12.5 Å². The normalized spacial score (nSPS) is 11.6. The van der Waals surface area contributed by atoms with Gasteiger partial charge in [0.25, 0.3) is 0 Å². The summed E-state index contributed by atoms with van der Waals surface area (Å²) in [4.78, 5) is 3.46. The van der Waals surface area contributed by atoms with Crippen molar-refractivity contribution in [3.8, 4) is 0 Å². The van der Waals surface area contributed by atoms with Gasteiger partial charge in [-0.3, -0.25) is 0 Å². The zero-order valence-electron chi connectivity index (χ0n) is 13.8. The molecule has 0 saturated carbocycles. The van der Waals surface area contributed by atoms with Gasteiger partial charge in [-0.2, -0.15) is 0 Å². The third-order valence-electron chi connectivity index (χ3n) is 3.49. The Bertz CT molecular complexity index is 406. The van der Waals surface area contributed by atoms with Crippen LogP contribution in [0.15, 0.2) is 23.1 Å². The number of rotatable bonds is 10. The van der Waals surface area contributed by atoms with Crippen LogP contribution in [0.1, 0.15) is 33.3 Å². The van der Waals surface area contributed by atoms with Crippen LogP contribution in [0.2, 0.25) is 0 Å². The Morgan fingerprint density at radius 3 is 2.57 bits per heavy atom. The summed E-state index contributed by atoms with van der Waals surface area (Å²) in [5.74, 6) is 1.48. The van der Waals surface area contributed by atoms with Gasteiger partial charge in [-0.05, 0) is 37.7 Å². The highest BCUT2D eigenvalue weighted by molar-refractivity contribution is 7.99. The molecule has 0 amide bonds. The first-order chi connectivity index (χ1) is 10.1. The van der Waals surface area contributed by atoms with Gasteiger partial charge >= 0.3 is 0 Å². The van der Waals surface area contributed by atoms with Gasteiger partial charge in [0, 0.05) is 29.3 Å². The first-order valence-corrected chi connectivity index (χ1v) is 8.90. The fraction of sp³-hybridized carbons (Fsp3) is 0.647. The van der Waals surface area contributed by atoms with Gasteiger partial charge < -0.3 is 10.2 Å². The van der Waals surface area contributed by atoms with Gasteiger partial charge in [0.1, 0.15) is 5.82 Å². The lowest BCUT2D eigenvalue weighted by Crippen LogP contribution is -2.25. The summed E-state index contributed by atoms with van der Waals surface area (Å²) in [6, 6.07) is 5.39. The summed E-state index contributed by atoms with van der Waals surface area (Å²) in [6.07, 6.45) is 0. The summed E-state index contributed by atoms with van der Waals surface area (Å²) in [5.41, 5.74) is 0.808. The van der Waals surface area contributed by atoms with E-state index in [2.05, 4.69) is 37.9 Å². The second kappa shape index (κ2) is 10.2. The number of benzene rings is 1. The number of thioether (sulfide) groups is 1. The molecule has 0 heterocycles. The van der Waals surface area contributed by atoms with Crippen molar-refractivity contribution >= 4 is 11.8 Å². The molecule has 0 atom stereocenters. The minimum Gasteiger partial charge on any atom is -0.312 e. The largest absolute Gasteiger partial charge is 0.312 e. The van der Waals surface area contributed by atoms with E-state index in [4.69, 9.17) is 0 Å². The molecule has 1 aromatic rings. The van der Waals surface area contributed by atoms with Gasteiger partial charge in [-0.25, -0.2) is 4.39 Å². The van der Waals surface area contributed by atoms with Crippen molar-refractivity contribution in [3.05, 3.63) is 29.6 Å². The van der Waals surface area contributed by atoms with Gasteiger partial charge in [-0.15, -0.1) is 11.8 Å². The van der Waals surface area contributed by atoms with Crippen LogP contribution in [-0.4, -0.2) is 36.8 Å². The van der Waals surface area contributed by atoms with Gasteiger partial charge in [0.2, 0.25) is 0 Å². The van der Waals surface area contributed by atoms with Crippen molar-refractivity contribution in [3.63, 3.8) is 0 Å². The molecule has 0 bridgehead atoms. The Labute approximate surface area is 133 Å². The van der Waals surface area contributed by atoms with Crippen molar-refractivity contribution in [1.29, 1.82) is 0 Å². The molecule has 0 unspecified atom stereocenters. The second-order valence-electron chi connectivity index (χ2n) is 5.62. The number of hydrogen-bond donors (Lipinski definition) is 1. The lowest BCUT2D eigenvalue weighted by Gasteiger charge is -2.18. The highest BCUT2D eigenvalue weighted by Gasteiger charge is 2.09. The monoisotopic (exact) mass is 312 g/mol. The first kappa shape index (κ1) is 18.5. The molecule has 120 valence electrons. The summed E-state index contributed by atoms with van der Waals surface area (Å²) >= 11 is 1.76. The summed E-state index contributed by atoms with van der Waals surface area (Å²) < 4.78 is 14.0. The molecule has 1 rings (SSSR count). The molecule has 1 N–H and O–H groups in total. The van der Waals surface area contributed by atoms with Gasteiger partial charge in [0.05, 0.1) is 0 Å².